The van der Waals surface area contributed by atoms with E-state index in [2.05, 4.69) is 5.32 Å². The Hall–Kier alpha value is -1.68. The summed E-state index contributed by atoms with van der Waals surface area (Å²) in [5, 5.41) is 2.82. The highest BCUT2D eigenvalue weighted by molar-refractivity contribution is 7.86. The van der Waals surface area contributed by atoms with Gasteiger partial charge in [0.15, 0.2) is 0 Å². The quantitative estimate of drug-likeness (QED) is 0.779. The number of hydrogen-bond donors (Lipinski definition) is 1. The number of nitrogens with one attached hydrogen (secondary N) is 1. The normalized spacial score (nSPS) is 17.0. The van der Waals surface area contributed by atoms with Crippen molar-refractivity contribution in [2.45, 2.75) is 0 Å². The molecule has 1 aliphatic rings. The molecule has 1 aromatic carbocycles. The average molecular weight is 356 g/mol. The van der Waals surface area contributed by atoms with Gasteiger partial charge >= 0.3 is 0 Å². The summed E-state index contributed by atoms with van der Waals surface area (Å²) in [7, 11) is 1.20. The van der Waals surface area contributed by atoms with Crippen molar-refractivity contribution in [1.29, 1.82) is 0 Å². The molecule has 0 spiro atoms. The Balaban J connectivity index is 1.87. The summed E-state index contributed by atoms with van der Waals surface area (Å²) in [6, 6.07) is 7.21. The molecule has 8 nitrogen and oxygen atoms in total. The highest BCUT2D eigenvalue weighted by atomic mass is 32.2. The Bertz CT molecular complexity index is 670. The Morgan fingerprint density at radius 3 is 2.42 bits per heavy atom. The van der Waals surface area contributed by atoms with Crippen LogP contribution in [-0.4, -0.2) is 81.8 Å². The molecule has 9 heteroatoms. The van der Waals surface area contributed by atoms with E-state index < -0.39 is 10.2 Å². The fourth-order valence-corrected chi connectivity index (χ4v) is 3.58. The molecule has 1 N–H and O–H groups in total. The van der Waals surface area contributed by atoms with Gasteiger partial charge in [-0.1, -0.05) is 12.1 Å². The molecule has 24 heavy (non-hydrogen) atoms. The maximum absolute atomic E-state index is 12.2. The molecule has 1 aromatic rings. The van der Waals surface area contributed by atoms with Gasteiger partial charge < -0.3 is 10.1 Å². The van der Waals surface area contributed by atoms with Crippen molar-refractivity contribution in [3.8, 4) is 5.75 Å². The summed E-state index contributed by atoms with van der Waals surface area (Å²) in [4.78, 5) is 14.1. The molecule has 0 unspecified atom stereocenters. The largest absolute Gasteiger partial charge is 0.495 e. The summed E-state index contributed by atoms with van der Waals surface area (Å²) < 4.78 is 32.0. The molecule has 1 fully saturated rings. The van der Waals surface area contributed by atoms with Crippen molar-refractivity contribution in [3.63, 3.8) is 0 Å². The van der Waals surface area contributed by atoms with Gasteiger partial charge in [0.05, 0.1) is 19.3 Å². The third-order valence-corrected chi connectivity index (χ3v) is 5.81. The van der Waals surface area contributed by atoms with E-state index in [0.717, 1.165) is 0 Å². The second-order valence-electron chi connectivity index (χ2n) is 5.71. The zero-order valence-corrected chi connectivity index (χ0v) is 15.0. The van der Waals surface area contributed by atoms with Gasteiger partial charge in [-0.05, 0) is 12.1 Å². The molecule has 1 amide bonds. The van der Waals surface area contributed by atoms with Crippen LogP contribution in [0.3, 0.4) is 0 Å². The molecule has 0 saturated carbocycles. The van der Waals surface area contributed by atoms with E-state index in [-0.39, 0.29) is 12.5 Å². The first-order valence-corrected chi connectivity index (χ1v) is 9.07. The van der Waals surface area contributed by atoms with Gasteiger partial charge in [0.25, 0.3) is 10.2 Å². The molecular weight excluding hydrogens is 332 g/mol. The number of carbonyl (C=O) groups excluding carboxylic acids is 1. The molecule has 1 heterocycles. The Labute approximate surface area is 143 Å². The van der Waals surface area contributed by atoms with Crippen LogP contribution in [0.25, 0.3) is 0 Å². The van der Waals surface area contributed by atoms with Crippen molar-refractivity contribution >= 4 is 21.8 Å². The smallest absolute Gasteiger partial charge is 0.281 e. The number of methoxy groups -OCH3 is 1. The Kier molecular flexibility index (Phi) is 6.16. The van der Waals surface area contributed by atoms with E-state index in [9.17, 15) is 13.2 Å². The minimum Gasteiger partial charge on any atom is -0.495 e. The highest BCUT2D eigenvalue weighted by Gasteiger charge is 2.29. The summed E-state index contributed by atoms with van der Waals surface area (Å²) in [6.07, 6.45) is 0. The molecule has 0 bridgehead atoms. The van der Waals surface area contributed by atoms with Crippen LogP contribution in [0.5, 0.6) is 5.75 Å². The predicted molar refractivity (Wildman–Crippen MR) is 92.2 cm³/mol. The van der Waals surface area contributed by atoms with Gasteiger partial charge in [0, 0.05) is 40.3 Å². The Morgan fingerprint density at radius 1 is 1.21 bits per heavy atom. The van der Waals surface area contributed by atoms with E-state index in [1.807, 2.05) is 17.0 Å². The van der Waals surface area contributed by atoms with E-state index >= 15 is 0 Å². The van der Waals surface area contributed by atoms with Crippen LogP contribution in [0, 0.1) is 0 Å². The number of benzene rings is 1. The zero-order valence-electron chi connectivity index (χ0n) is 14.2. The van der Waals surface area contributed by atoms with E-state index in [0.29, 0.717) is 37.6 Å². The van der Waals surface area contributed by atoms with Crippen molar-refractivity contribution in [2.24, 2.45) is 0 Å². The first kappa shape index (κ1) is 18.7. The van der Waals surface area contributed by atoms with Gasteiger partial charge in [0.1, 0.15) is 5.75 Å². The number of nitrogens with zero attached hydrogens (tertiary/aromatic N) is 3. The Morgan fingerprint density at radius 2 is 1.83 bits per heavy atom. The van der Waals surface area contributed by atoms with Crippen LogP contribution in [0.2, 0.25) is 0 Å². The number of carbonyl (C=O) groups is 1. The van der Waals surface area contributed by atoms with Gasteiger partial charge in [-0.2, -0.15) is 17.0 Å². The van der Waals surface area contributed by atoms with Crippen molar-refractivity contribution in [1.82, 2.24) is 13.5 Å². The molecular formula is C15H24N4O4S. The third-order valence-electron chi connectivity index (χ3n) is 3.87. The minimum atomic E-state index is -3.39. The zero-order chi connectivity index (χ0) is 17.7. The number of para-hydroxylation sites is 2. The first-order chi connectivity index (χ1) is 11.3. The summed E-state index contributed by atoms with van der Waals surface area (Å²) in [6.45, 7) is 2.01. The molecule has 0 atom stereocenters. The lowest BCUT2D eigenvalue weighted by Crippen LogP contribution is -2.52. The van der Waals surface area contributed by atoms with Gasteiger partial charge in [-0.25, -0.2) is 0 Å². The van der Waals surface area contributed by atoms with Crippen LogP contribution in [0.1, 0.15) is 0 Å². The van der Waals surface area contributed by atoms with Crippen LogP contribution in [0.4, 0.5) is 5.69 Å². The average Bonchev–Trinajstić information content (AvgIpc) is 2.55. The van der Waals surface area contributed by atoms with E-state index in [4.69, 9.17) is 4.74 Å². The van der Waals surface area contributed by atoms with Crippen molar-refractivity contribution in [2.75, 3.05) is 59.2 Å². The summed E-state index contributed by atoms with van der Waals surface area (Å²) in [5.74, 6) is 0.455. The van der Waals surface area contributed by atoms with Crippen LogP contribution in [-0.2, 0) is 15.0 Å². The lowest BCUT2D eigenvalue weighted by molar-refractivity contribution is -0.117. The molecule has 0 aliphatic carbocycles. The van der Waals surface area contributed by atoms with Gasteiger partial charge in [0.2, 0.25) is 5.91 Å². The number of ether oxygens (including phenoxy) is 1. The topological polar surface area (TPSA) is 82.2 Å². The monoisotopic (exact) mass is 356 g/mol. The third kappa shape index (κ3) is 4.44. The van der Waals surface area contributed by atoms with E-state index in [1.54, 1.807) is 19.2 Å². The first-order valence-electron chi connectivity index (χ1n) is 7.67. The fraction of sp³-hybridized carbons (Fsp3) is 0.533. The highest BCUT2D eigenvalue weighted by Crippen LogP contribution is 2.22. The number of anilines is 1. The fourth-order valence-electron chi connectivity index (χ4n) is 2.49. The number of amides is 1. The molecule has 1 saturated heterocycles. The molecule has 0 aromatic heterocycles. The van der Waals surface area contributed by atoms with Gasteiger partial charge in [-0.3, -0.25) is 9.69 Å². The second kappa shape index (κ2) is 7.93. The van der Waals surface area contributed by atoms with E-state index in [1.165, 1.54) is 22.7 Å². The number of rotatable bonds is 6. The predicted octanol–water partition coefficient (Wildman–Crippen LogP) is 0.0577. The minimum absolute atomic E-state index is 0.150. The summed E-state index contributed by atoms with van der Waals surface area (Å²) in [5.41, 5.74) is 0.624. The molecule has 134 valence electrons. The van der Waals surface area contributed by atoms with Crippen LogP contribution in [0.15, 0.2) is 24.3 Å². The lowest BCUT2D eigenvalue weighted by Gasteiger charge is -2.34. The molecule has 0 radical (unpaired) electrons. The SMILES string of the molecule is COc1ccccc1NC(=O)CN1CCN(S(=O)(=O)N(C)C)CC1. The van der Waals surface area contributed by atoms with Gasteiger partial charge in [-0.15, -0.1) is 0 Å². The second-order valence-corrected chi connectivity index (χ2v) is 7.86. The van der Waals surface area contributed by atoms with Crippen LogP contribution >= 0.6 is 0 Å². The van der Waals surface area contributed by atoms with Crippen molar-refractivity contribution < 1.29 is 17.9 Å². The van der Waals surface area contributed by atoms with Crippen molar-refractivity contribution in [3.05, 3.63) is 24.3 Å². The maximum Gasteiger partial charge on any atom is 0.281 e. The lowest BCUT2D eigenvalue weighted by atomic mass is 10.3. The standard InChI is InChI=1S/C15H24N4O4S/c1-17(2)24(21,22)19-10-8-18(9-11-19)12-15(20)16-13-6-4-5-7-14(13)23-3/h4-7H,8-12H2,1-3H3,(H,16,20). The number of hydrogen-bond acceptors (Lipinski definition) is 5. The summed E-state index contributed by atoms with van der Waals surface area (Å²) >= 11 is 0. The van der Waals surface area contributed by atoms with Crippen LogP contribution < -0.4 is 10.1 Å². The maximum atomic E-state index is 12.2. The number of piperazine rings is 1. The molecule has 1 aliphatic heterocycles. The molecule has 2 rings (SSSR count).